The molecule has 138 valence electrons. The number of benzene rings is 1. The van der Waals surface area contributed by atoms with Crippen LogP contribution in [0, 0.1) is 0 Å². The van der Waals surface area contributed by atoms with E-state index in [9.17, 15) is 9.59 Å². The average molecular weight is 367 g/mol. The van der Waals surface area contributed by atoms with Gasteiger partial charge in [-0.25, -0.2) is 4.79 Å². The van der Waals surface area contributed by atoms with Crippen LogP contribution in [0.15, 0.2) is 24.3 Å². The Morgan fingerprint density at radius 3 is 2.28 bits per heavy atom. The Bertz CT molecular complexity index is 596. The summed E-state index contributed by atoms with van der Waals surface area (Å²) < 4.78 is 0. The second kappa shape index (κ2) is 8.94. The summed E-state index contributed by atoms with van der Waals surface area (Å²) in [5, 5.41) is 3.14. The quantitative estimate of drug-likeness (QED) is 0.789. The maximum absolute atomic E-state index is 12.5. The SMILES string of the molecule is Cl.Nc1cccc(C(=O)N2CCN(C(=O)NC3CCCCC3)CC2)c1. The summed E-state index contributed by atoms with van der Waals surface area (Å²) in [4.78, 5) is 28.5. The fraction of sp³-hybridized carbons (Fsp3) is 0.556. The number of halogens is 1. The number of rotatable bonds is 2. The van der Waals surface area contributed by atoms with Crippen molar-refractivity contribution in [1.82, 2.24) is 15.1 Å². The van der Waals surface area contributed by atoms with E-state index in [1.807, 2.05) is 4.90 Å². The van der Waals surface area contributed by atoms with E-state index >= 15 is 0 Å². The third-order valence-electron chi connectivity index (χ3n) is 4.92. The van der Waals surface area contributed by atoms with Gasteiger partial charge in [0.1, 0.15) is 0 Å². The van der Waals surface area contributed by atoms with Gasteiger partial charge >= 0.3 is 6.03 Å². The van der Waals surface area contributed by atoms with Gasteiger partial charge in [-0.1, -0.05) is 25.3 Å². The molecule has 0 aromatic heterocycles. The lowest BCUT2D eigenvalue weighted by Crippen LogP contribution is -2.54. The van der Waals surface area contributed by atoms with E-state index in [0.29, 0.717) is 43.5 Å². The summed E-state index contributed by atoms with van der Waals surface area (Å²) in [6, 6.07) is 7.36. The van der Waals surface area contributed by atoms with Crippen molar-refractivity contribution in [3.05, 3.63) is 29.8 Å². The van der Waals surface area contributed by atoms with Crippen LogP contribution in [0.1, 0.15) is 42.5 Å². The Morgan fingerprint density at radius 1 is 1.00 bits per heavy atom. The highest BCUT2D eigenvalue weighted by molar-refractivity contribution is 5.95. The zero-order valence-corrected chi connectivity index (χ0v) is 15.3. The van der Waals surface area contributed by atoms with Gasteiger partial charge in [-0.3, -0.25) is 4.79 Å². The maximum atomic E-state index is 12.5. The highest BCUT2D eigenvalue weighted by atomic mass is 35.5. The van der Waals surface area contributed by atoms with Gasteiger partial charge in [-0.15, -0.1) is 12.4 Å². The zero-order valence-electron chi connectivity index (χ0n) is 14.4. The Kier molecular flexibility index (Phi) is 6.93. The lowest BCUT2D eigenvalue weighted by molar-refractivity contribution is 0.0662. The molecule has 25 heavy (non-hydrogen) atoms. The number of amides is 3. The molecule has 1 aromatic carbocycles. The molecule has 1 aliphatic heterocycles. The standard InChI is InChI=1S/C18H26N4O2.ClH/c19-15-6-4-5-14(13-15)17(23)21-9-11-22(12-10-21)18(24)20-16-7-2-1-3-8-16;/h4-6,13,16H,1-3,7-12,19H2,(H,20,24);1H. The molecule has 7 heteroatoms. The molecule has 3 N–H and O–H groups in total. The lowest BCUT2D eigenvalue weighted by atomic mass is 9.96. The van der Waals surface area contributed by atoms with Gasteiger partial charge in [0, 0.05) is 43.5 Å². The number of carbonyl (C=O) groups is 2. The molecule has 0 spiro atoms. The van der Waals surface area contributed by atoms with Crippen LogP contribution in [0.4, 0.5) is 10.5 Å². The van der Waals surface area contributed by atoms with Crippen LogP contribution < -0.4 is 11.1 Å². The second-order valence-electron chi connectivity index (χ2n) is 6.69. The van der Waals surface area contributed by atoms with Crippen molar-refractivity contribution in [2.45, 2.75) is 38.1 Å². The van der Waals surface area contributed by atoms with Crippen molar-refractivity contribution < 1.29 is 9.59 Å². The average Bonchev–Trinajstić information content (AvgIpc) is 2.62. The first-order chi connectivity index (χ1) is 11.6. The van der Waals surface area contributed by atoms with Gasteiger partial charge in [-0.05, 0) is 31.0 Å². The lowest BCUT2D eigenvalue weighted by Gasteiger charge is -2.36. The first kappa shape index (κ1) is 19.4. The van der Waals surface area contributed by atoms with Gasteiger partial charge in [0.25, 0.3) is 5.91 Å². The Labute approximate surface area is 155 Å². The van der Waals surface area contributed by atoms with Crippen LogP contribution in [-0.4, -0.2) is 54.0 Å². The predicted octanol–water partition coefficient (Wildman–Crippen LogP) is 2.49. The van der Waals surface area contributed by atoms with Crippen molar-refractivity contribution in [3.8, 4) is 0 Å². The first-order valence-electron chi connectivity index (χ1n) is 8.84. The van der Waals surface area contributed by atoms with E-state index in [0.717, 1.165) is 12.8 Å². The van der Waals surface area contributed by atoms with Crippen LogP contribution in [0.2, 0.25) is 0 Å². The van der Waals surface area contributed by atoms with Gasteiger partial charge in [0.2, 0.25) is 0 Å². The van der Waals surface area contributed by atoms with E-state index in [1.165, 1.54) is 19.3 Å². The van der Waals surface area contributed by atoms with Crippen LogP contribution >= 0.6 is 12.4 Å². The third kappa shape index (κ3) is 5.01. The Balaban J connectivity index is 0.00000225. The predicted molar refractivity (Wildman–Crippen MR) is 101 cm³/mol. The zero-order chi connectivity index (χ0) is 16.9. The fourth-order valence-electron chi connectivity index (χ4n) is 3.48. The van der Waals surface area contributed by atoms with Gasteiger partial charge in [0.15, 0.2) is 0 Å². The van der Waals surface area contributed by atoms with Gasteiger partial charge < -0.3 is 20.9 Å². The number of nitrogen functional groups attached to an aromatic ring is 1. The molecule has 1 saturated heterocycles. The number of hydrogen-bond acceptors (Lipinski definition) is 3. The number of anilines is 1. The van der Waals surface area contributed by atoms with Crippen LogP contribution in [0.5, 0.6) is 0 Å². The molecule has 1 aromatic rings. The number of hydrogen-bond donors (Lipinski definition) is 2. The topological polar surface area (TPSA) is 78.7 Å². The second-order valence-corrected chi connectivity index (χ2v) is 6.69. The van der Waals surface area contributed by atoms with E-state index in [1.54, 1.807) is 29.2 Å². The smallest absolute Gasteiger partial charge is 0.317 e. The number of nitrogens with one attached hydrogen (secondary N) is 1. The fourth-order valence-corrected chi connectivity index (χ4v) is 3.48. The molecular weight excluding hydrogens is 340 g/mol. The summed E-state index contributed by atoms with van der Waals surface area (Å²) in [7, 11) is 0. The summed E-state index contributed by atoms with van der Waals surface area (Å²) in [6.45, 7) is 2.27. The number of urea groups is 1. The molecule has 1 aliphatic carbocycles. The minimum absolute atomic E-state index is 0. The van der Waals surface area contributed by atoms with Crippen molar-refractivity contribution in [2.24, 2.45) is 0 Å². The molecule has 2 aliphatic rings. The van der Waals surface area contributed by atoms with Crippen molar-refractivity contribution >= 4 is 30.0 Å². The van der Waals surface area contributed by atoms with E-state index < -0.39 is 0 Å². The number of nitrogens with two attached hydrogens (primary N) is 1. The van der Waals surface area contributed by atoms with Crippen molar-refractivity contribution in [1.29, 1.82) is 0 Å². The maximum Gasteiger partial charge on any atom is 0.317 e. The summed E-state index contributed by atoms with van der Waals surface area (Å²) in [5.41, 5.74) is 6.94. The largest absolute Gasteiger partial charge is 0.399 e. The molecule has 2 fully saturated rings. The normalized spacial score (nSPS) is 18.4. The highest BCUT2D eigenvalue weighted by Gasteiger charge is 2.26. The van der Waals surface area contributed by atoms with E-state index in [4.69, 9.17) is 5.73 Å². The van der Waals surface area contributed by atoms with E-state index in [2.05, 4.69) is 5.32 Å². The molecule has 3 amide bonds. The Hall–Kier alpha value is -1.95. The number of piperazine rings is 1. The molecule has 0 atom stereocenters. The number of nitrogens with zero attached hydrogens (tertiary/aromatic N) is 2. The number of carbonyl (C=O) groups excluding carboxylic acids is 2. The van der Waals surface area contributed by atoms with Crippen LogP contribution in [0.3, 0.4) is 0 Å². The summed E-state index contributed by atoms with van der Waals surface area (Å²) in [5.74, 6) is -0.0189. The van der Waals surface area contributed by atoms with Gasteiger partial charge in [0.05, 0.1) is 0 Å². The van der Waals surface area contributed by atoms with Crippen molar-refractivity contribution in [2.75, 3.05) is 31.9 Å². The molecule has 3 rings (SSSR count). The molecular formula is C18H27ClN4O2. The minimum Gasteiger partial charge on any atom is -0.399 e. The monoisotopic (exact) mass is 366 g/mol. The third-order valence-corrected chi connectivity index (χ3v) is 4.92. The summed E-state index contributed by atoms with van der Waals surface area (Å²) >= 11 is 0. The Morgan fingerprint density at radius 2 is 1.64 bits per heavy atom. The first-order valence-corrected chi connectivity index (χ1v) is 8.84. The molecule has 0 radical (unpaired) electrons. The molecule has 6 nitrogen and oxygen atoms in total. The molecule has 0 bridgehead atoms. The van der Waals surface area contributed by atoms with Crippen molar-refractivity contribution in [3.63, 3.8) is 0 Å². The highest BCUT2D eigenvalue weighted by Crippen LogP contribution is 2.18. The molecule has 1 saturated carbocycles. The minimum atomic E-state index is -0.0189. The van der Waals surface area contributed by atoms with Crippen LogP contribution in [-0.2, 0) is 0 Å². The molecule has 1 heterocycles. The molecule has 0 unspecified atom stereocenters. The van der Waals surface area contributed by atoms with E-state index in [-0.39, 0.29) is 24.3 Å². The van der Waals surface area contributed by atoms with Gasteiger partial charge in [-0.2, -0.15) is 0 Å². The van der Waals surface area contributed by atoms with Crippen LogP contribution in [0.25, 0.3) is 0 Å². The summed E-state index contributed by atoms with van der Waals surface area (Å²) in [6.07, 6.45) is 5.84.